The summed E-state index contributed by atoms with van der Waals surface area (Å²) >= 11 is 0.865. The molecule has 0 aliphatic carbocycles. The van der Waals surface area contributed by atoms with Gasteiger partial charge < -0.3 is 4.74 Å². The van der Waals surface area contributed by atoms with E-state index in [1.807, 2.05) is 30.3 Å². The van der Waals surface area contributed by atoms with Crippen LogP contribution >= 0.6 is 11.5 Å². The van der Waals surface area contributed by atoms with Gasteiger partial charge >= 0.3 is 10.6 Å². The Labute approximate surface area is 124 Å². The molecule has 1 heterocycles. The molecule has 2 aromatic carbocycles. The Hall–Kier alpha value is -2.60. The Balaban J connectivity index is 1.99. The van der Waals surface area contributed by atoms with Crippen LogP contribution in [0.1, 0.15) is 0 Å². The van der Waals surface area contributed by atoms with Crippen molar-refractivity contribution in [3.8, 4) is 17.2 Å². The Kier molecular flexibility index (Phi) is 3.45. The highest BCUT2D eigenvalue weighted by molar-refractivity contribution is 7.03. The number of ether oxygens (including phenoxy) is 1. The minimum absolute atomic E-state index is 0.297. The molecule has 0 spiro atoms. The van der Waals surface area contributed by atoms with Crippen molar-refractivity contribution in [1.82, 2.24) is 8.52 Å². The van der Waals surface area contributed by atoms with Gasteiger partial charge in [-0.2, -0.15) is 0 Å². The zero-order chi connectivity index (χ0) is 14.8. The van der Waals surface area contributed by atoms with Crippen molar-refractivity contribution in [3.05, 3.63) is 74.7 Å². The average molecular weight is 300 g/mol. The molecule has 1 aromatic heterocycles. The van der Waals surface area contributed by atoms with E-state index in [-0.39, 0.29) is 10.6 Å². The van der Waals surface area contributed by atoms with Crippen LogP contribution < -0.4 is 15.3 Å². The van der Waals surface area contributed by atoms with E-state index < -0.39 is 0 Å². The molecule has 0 radical (unpaired) electrons. The first-order valence-corrected chi connectivity index (χ1v) is 7.05. The van der Waals surface area contributed by atoms with E-state index in [9.17, 15) is 9.59 Å². The lowest BCUT2D eigenvalue weighted by Crippen LogP contribution is -2.25. The van der Waals surface area contributed by atoms with Crippen molar-refractivity contribution >= 4 is 11.5 Å². The van der Waals surface area contributed by atoms with Gasteiger partial charge in [-0.1, -0.05) is 24.3 Å². The number of hydrogen-bond donors (Lipinski definition) is 0. The van der Waals surface area contributed by atoms with Gasteiger partial charge in [0.1, 0.15) is 11.5 Å². The summed E-state index contributed by atoms with van der Waals surface area (Å²) in [6.07, 6.45) is 0. The van der Waals surface area contributed by atoms with Gasteiger partial charge in [-0.05, 0) is 24.3 Å². The number of rotatable bonds is 3. The Bertz CT molecular complexity index is 878. The van der Waals surface area contributed by atoms with Crippen molar-refractivity contribution in [3.63, 3.8) is 0 Å². The summed E-state index contributed by atoms with van der Waals surface area (Å²) in [5.41, 5.74) is 0.248. The van der Waals surface area contributed by atoms with Crippen molar-refractivity contribution in [2.24, 2.45) is 7.05 Å². The molecule has 0 bridgehead atoms. The SMILES string of the molecule is Cn1c(=O)sn(-c2cccc(Oc3ccccc3)c2)c1=O. The molecule has 106 valence electrons. The maximum atomic E-state index is 12.0. The topological polar surface area (TPSA) is 53.2 Å². The van der Waals surface area contributed by atoms with Gasteiger partial charge in [0.25, 0.3) is 0 Å². The summed E-state index contributed by atoms with van der Waals surface area (Å²) in [4.78, 5) is 23.2. The summed E-state index contributed by atoms with van der Waals surface area (Å²) < 4.78 is 8.15. The fraction of sp³-hybridized carbons (Fsp3) is 0.0667. The molecular formula is C15H12N2O3S. The molecule has 5 nitrogen and oxygen atoms in total. The van der Waals surface area contributed by atoms with E-state index in [2.05, 4.69) is 0 Å². The average Bonchev–Trinajstić information content (AvgIpc) is 2.76. The first-order chi connectivity index (χ1) is 10.1. The van der Waals surface area contributed by atoms with Crippen LogP contribution in [0.3, 0.4) is 0 Å². The highest BCUT2D eigenvalue weighted by Crippen LogP contribution is 2.23. The molecule has 0 unspecified atom stereocenters. The smallest absolute Gasteiger partial charge is 0.345 e. The molecule has 0 N–H and O–H groups in total. The van der Waals surface area contributed by atoms with E-state index in [1.165, 1.54) is 11.0 Å². The highest BCUT2D eigenvalue weighted by Gasteiger charge is 2.09. The fourth-order valence-corrected chi connectivity index (χ4v) is 2.63. The number of benzene rings is 2. The Morgan fingerprint density at radius 3 is 2.33 bits per heavy atom. The van der Waals surface area contributed by atoms with E-state index in [1.54, 1.807) is 24.3 Å². The van der Waals surface area contributed by atoms with Gasteiger partial charge in [-0.3, -0.25) is 9.36 Å². The fourth-order valence-electron chi connectivity index (χ4n) is 1.85. The van der Waals surface area contributed by atoms with Crippen LogP contribution in [0.15, 0.2) is 64.2 Å². The molecule has 6 heteroatoms. The lowest BCUT2D eigenvalue weighted by Gasteiger charge is -2.07. The van der Waals surface area contributed by atoms with E-state index >= 15 is 0 Å². The quantitative estimate of drug-likeness (QED) is 0.746. The molecule has 0 fully saturated rings. The van der Waals surface area contributed by atoms with Crippen LogP contribution in [-0.2, 0) is 7.05 Å². The Morgan fingerprint density at radius 1 is 0.952 bits per heavy atom. The van der Waals surface area contributed by atoms with E-state index in [0.717, 1.165) is 16.1 Å². The van der Waals surface area contributed by atoms with E-state index in [4.69, 9.17) is 4.74 Å². The third-order valence-electron chi connectivity index (χ3n) is 2.93. The summed E-state index contributed by atoms with van der Waals surface area (Å²) in [5.74, 6) is 1.32. The molecule has 21 heavy (non-hydrogen) atoms. The molecule has 0 atom stereocenters. The van der Waals surface area contributed by atoms with Gasteiger partial charge in [-0.25, -0.2) is 8.75 Å². The predicted molar refractivity (Wildman–Crippen MR) is 81.7 cm³/mol. The number of para-hydroxylation sites is 1. The number of aromatic nitrogens is 2. The highest BCUT2D eigenvalue weighted by atomic mass is 32.1. The monoisotopic (exact) mass is 300 g/mol. The van der Waals surface area contributed by atoms with Crippen molar-refractivity contribution in [2.45, 2.75) is 0 Å². The van der Waals surface area contributed by atoms with Crippen molar-refractivity contribution < 1.29 is 4.74 Å². The van der Waals surface area contributed by atoms with Crippen LogP contribution in [0, 0.1) is 0 Å². The zero-order valence-corrected chi connectivity index (χ0v) is 12.0. The van der Waals surface area contributed by atoms with Crippen LogP contribution in [0.5, 0.6) is 11.5 Å². The third kappa shape index (κ3) is 2.66. The van der Waals surface area contributed by atoms with E-state index in [0.29, 0.717) is 17.2 Å². The van der Waals surface area contributed by atoms with Crippen molar-refractivity contribution in [1.29, 1.82) is 0 Å². The first kappa shape index (κ1) is 13.4. The van der Waals surface area contributed by atoms with Crippen LogP contribution in [0.4, 0.5) is 0 Å². The van der Waals surface area contributed by atoms with Gasteiger partial charge in [0.2, 0.25) is 0 Å². The molecule has 0 aliphatic rings. The second-order valence-corrected chi connectivity index (χ2v) is 5.30. The molecule has 0 saturated heterocycles. The third-order valence-corrected chi connectivity index (χ3v) is 3.91. The Morgan fingerprint density at radius 2 is 1.67 bits per heavy atom. The maximum absolute atomic E-state index is 12.0. The largest absolute Gasteiger partial charge is 0.457 e. The summed E-state index contributed by atoms with van der Waals surface area (Å²) in [5, 5.41) is 0. The van der Waals surface area contributed by atoms with Gasteiger partial charge in [0, 0.05) is 24.6 Å². The minimum atomic E-state index is -0.359. The molecule has 3 rings (SSSR count). The summed E-state index contributed by atoms with van der Waals surface area (Å²) in [7, 11) is 1.46. The summed E-state index contributed by atoms with van der Waals surface area (Å²) in [6, 6.07) is 16.4. The van der Waals surface area contributed by atoms with Crippen molar-refractivity contribution in [2.75, 3.05) is 0 Å². The lowest BCUT2D eigenvalue weighted by molar-refractivity contribution is 0.482. The molecule has 0 saturated carbocycles. The predicted octanol–water partition coefficient (Wildman–Crippen LogP) is 2.39. The van der Waals surface area contributed by atoms with Gasteiger partial charge in [0.05, 0.1) is 5.69 Å². The standard InChI is InChI=1S/C15H12N2O3S/c1-16-14(18)17(21-15(16)19)11-6-5-9-13(10-11)20-12-7-3-2-4-8-12/h2-10H,1H3. The molecular weight excluding hydrogens is 288 g/mol. The molecule has 0 aliphatic heterocycles. The first-order valence-electron chi connectivity index (χ1n) is 6.28. The maximum Gasteiger partial charge on any atom is 0.345 e. The van der Waals surface area contributed by atoms with Crippen LogP contribution in [0.2, 0.25) is 0 Å². The van der Waals surface area contributed by atoms with Crippen LogP contribution in [0.25, 0.3) is 5.69 Å². The second-order valence-electron chi connectivity index (χ2n) is 4.41. The van der Waals surface area contributed by atoms with Gasteiger partial charge in [-0.15, -0.1) is 0 Å². The number of nitrogens with zero attached hydrogens (tertiary/aromatic N) is 2. The second kappa shape index (κ2) is 5.41. The minimum Gasteiger partial charge on any atom is -0.457 e. The number of hydrogen-bond acceptors (Lipinski definition) is 4. The molecule has 3 aromatic rings. The lowest BCUT2D eigenvalue weighted by atomic mass is 10.3. The zero-order valence-electron chi connectivity index (χ0n) is 11.2. The van der Waals surface area contributed by atoms with Gasteiger partial charge in [0.15, 0.2) is 0 Å². The normalized spacial score (nSPS) is 10.5. The molecule has 0 amide bonds. The van der Waals surface area contributed by atoms with Crippen LogP contribution in [-0.4, -0.2) is 8.52 Å². The summed E-state index contributed by atoms with van der Waals surface area (Å²) in [6.45, 7) is 0.